The van der Waals surface area contributed by atoms with Crippen molar-refractivity contribution in [1.82, 2.24) is 10.2 Å². The molecule has 3 aromatic rings. The maximum Gasteiger partial charge on any atom is 0.264 e. The summed E-state index contributed by atoms with van der Waals surface area (Å²) in [6.45, 7) is 5.47. The Morgan fingerprint density at radius 1 is 0.902 bits per heavy atom. The molecule has 3 aromatic carbocycles. The minimum absolute atomic E-state index is 0.0981. The Balaban J connectivity index is 1.67. The first kappa shape index (κ1) is 30.3. The molecule has 0 unspecified atom stereocenters. The predicted molar refractivity (Wildman–Crippen MR) is 163 cm³/mol. The van der Waals surface area contributed by atoms with Crippen molar-refractivity contribution in [2.45, 2.75) is 82.8 Å². The third-order valence-corrected chi connectivity index (χ3v) is 9.75. The largest absolute Gasteiger partial charge is 0.352 e. The molecule has 1 aliphatic carbocycles. The smallest absolute Gasteiger partial charge is 0.264 e. The van der Waals surface area contributed by atoms with Gasteiger partial charge in [-0.25, -0.2) is 8.42 Å². The zero-order valence-corrected chi connectivity index (χ0v) is 25.1. The van der Waals surface area contributed by atoms with Crippen LogP contribution in [0.5, 0.6) is 0 Å². The molecule has 0 aliphatic heterocycles. The van der Waals surface area contributed by atoms with Gasteiger partial charge in [0, 0.05) is 12.6 Å². The lowest BCUT2D eigenvalue weighted by Crippen LogP contribution is -2.53. The number of aryl methyl sites for hydroxylation is 2. The van der Waals surface area contributed by atoms with Gasteiger partial charge in [0.2, 0.25) is 11.8 Å². The van der Waals surface area contributed by atoms with Crippen LogP contribution in [0.3, 0.4) is 0 Å². The van der Waals surface area contributed by atoms with Crippen LogP contribution >= 0.6 is 0 Å². The Labute approximate surface area is 244 Å². The molecule has 0 spiro atoms. The van der Waals surface area contributed by atoms with E-state index in [2.05, 4.69) is 5.32 Å². The molecule has 8 heteroatoms. The van der Waals surface area contributed by atoms with Crippen molar-refractivity contribution in [2.75, 3.05) is 10.8 Å². The SMILES string of the molecule is CCc1ccc(N(CC(=O)N(Cc2ccccc2C)[C@H](C)C(=O)NC2CCCCC2)S(=O)(=O)c2ccccc2)cc1. The highest BCUT2D eigenvalue weighted by atomic mass is 32.2. The van der Waals surface area contributed by atoms with E-state index < -0.39 is 28.5 Å². The molecule has 1 fully saturated rings. The van der Waals surface area contributed by atoms with Crippen LogP contribution in [-0.4, -0.2) is 43.8 Å². The normalized spacial score (nSPS) is 14.7. The Kier molecular flexibility index (Phi) is 10.2. The van der Waals surface area contributed by atoms with Gasteiger partial charge in [-0.05, 0) is 74.1 Å². The highest BCUT2D eigenvalue weighted by Gasteiger charge is 2.33. The number of benzene rings is 3. The summed E-state index contributed by atoms with van der Waals surface area (Å²) in [6, 6.07) is 22.4. The first-order valence-corrected chi connectivity index (χ1v) is 16.0. The van der Waals surface area contributed by atoms with Crippen LogP contribution in [-0.2, 0) is 32.6 Å². The molecule has 0 radical (unpaired) electrons. The lowest BCUT2D eigenvalue weighted by Gasteiger charge is -2.33. The average molecular weight is 576 g/mol. The van der Waals surface area contributed by atoms with Crippen molar-refractivity contribution in [3.63, 3.8) is 0 Å². The highest BCUT2D eigenvalue weighted by Crippen LogP contribution is 2.26. The molecule has 4 rings (SSSR count). The van der Waals surface area contributed by atoms with Gasteiger partial charge < -0.3 is 10.2 Å². The van der Waals surface area contributed by atoms with E-state index in [1.807, 2.05) is 50.2 Å². The first-order valence-electron chi connectivity index (χ1n) is 14.5. The second-order valence-electron chi connectivity index (χ2n) is 10.8. The van der Waals surface area contributed by atoms with Crippen LogP contribution < -0.4 is 9.62 Å². The summed E-state index contributed by atoms with van der Waals surface area (Å²) < 4.78 is 29.0. The van der Waals surface area contributed by atoms with E-state index in [1.54, 1.807) is 37.3 Å². The lowest BCUT2D eigenvalue weighted by molar-refractivity contribution is -0.139. The number of amides is 2. The summed E-state index contributed by atoms with van der Waals surface area (Å²) in [6.07, 6.45) is 6.00. The van der Waals surface area contributed by atoms with Crippen molar-refractivity contribution in [3.8, 4) is 0 Å². The number of anilines is 1. The van der Waals surface area contributed by atoms with Gasteiger partial charge in [0.25, 0.3) is 10.0 Å². The van der Waals surface area contributed by atoms with Crippen LogP contribution in [0.15, 0.2) is 83.8 Å². The van der Waals surface area contributed by atoms with Gasteiger partial charge in [-0.2, -0.15) is 0 Å². The Hall–Kier alpha value is -3.65. The van der Waals surface area contributed by atoms with Crippen molar-refractivity contribution < 1.29 is 18.0 Å². The maximum absolute atomic E-state index is 14.1. The molecule has 41 heavy (non-hydrogen) atoms. The molecule has 1 N–H and O–H groups in total. The number of carbonyl (C=O) groups excluding carboxylic acids is 2. The van der Waals surface area contributed by atoms with E-state index in [4.69, 9.17) is 0 Å². The van der Waals surface area contributed by atoms with Crippen LogP contribution in [0.25, 0.3) is 0 Å². The van der Waals surface area contributed by atoms with Gasteiger partial charge in [0.15, 0.2) is 0 Å². The van der Waals surface area contributed by atoms with E-state index in [1.165, 1.54) is 23.5 Å². The molecule has 1 atom stereocenters. The van der Waals surface area contributed by atoms with Crippen LogP contribution in [0.2, 0.25) is 0 Å². The highest BCUT2D eigenvalue weighted by molar-refractivity contribution is 7.92. The fourth-order valence-electron chi connectivity index (χ4n) is 5.27. The molecular formula is C33H41N3O4S. The minimum Gasteiger partial charge on any atom is -0.352 e. The molecular weight excluding hydrogens is 534 g/mol. The quantitative estimate of drug-likeness (QED) is 0.322. The number of nitrogens with zero attached hydrogens (tertiary/aromatic N) is 2. The van der Waals surface area contributed by atoms with Crippen molar-refractivity contribution in [2.24, 2.45) is 0 Å². The monoisotopic (exact) mass is 575 g/mol. The van der Waals surface area contributed by atoms with Gasteiger partial charge >= 0.3 is 0 Å². The zero-order chi connectivity index (χ0) is 29.4. The molecule has 1 aliphatic rings. The van der Waals surface area contributed by atoms with E-state index >= 15 is 0 Å². The van der Waals surface area contributed by atoms with Gasteiger partial charge in [-0.15, -0.1) is 0 Å². The molecule has 0 aromatic heterocycles. The van der Waals surface area contributed by atoms with E-state index in [0.717, 1.165) is 53.1 Å². The van der Waals surface area contributed by atoms with Crippen molar-refractivity contribution in [1.29, 1.82) is 0 Å². The number of carbonyl (C=O) groups is 2. The van der Waals surface area contributed by atoms with Gasteiger partial charge in [-0.1, -0.05) is 80.8 Å². The summed E-state index contributed by atoms with van der Waals surface area (Å²) in [4.78, 5) is 29.2. The van der Waals surface area contributed by atoms with Crippen LogP contribution in [0, 0.1) is 6.92 Å². The molecule has 2 amide bonds. The standard InChI is InChI=1S/C33H41N3O4S/c1-4-27-19-21-30(22-20-27)36(41(39,40)31-17-9-6-10-18-31)24-32(37)35(23-28-14-12-11-13-25(28)2)26(3)33(38)34-29-15-7-5-8-16-29/h6,9-14,17-22,26,29H,4-5,7-8,15-16,23-24H2,1-3H3,(H,34,38)/t26-/m1/s1. The number of rotatable bonds is 11. The summed E-state index contributed by atoms with van der Waals surface area (Å²) in [5, 5.41) is 3.14. The number of nitrogens with one attached hydrogen (secondary N) is 1. The molecule has 0 bridgehead atoms. The number of hydrogen-bond donors (Lipinski definition) is 1. The number of sulfonamides is 1. The molecule has 0 heterocycles. The summed E-state index contributed by atoms with van der Waals surface area (Å²) in [5.74, 6) is -0.665. The van der Waals surface area contributed by atoms with E-state index in [9.17, 15) is 18.0 Å². The molecule has 218 valence electrons. The van der Waals surface area contributed by atoms with Crippen molar-refractivity contribution in [3.05, 3.63) is 95.6 Å². The Morgan fingerprint density at radius 2 is 1.54 bits per heavy atom. The van der Waals surface area contributed by atoms with E-state index in [0.29, 0.717) is 5.69 Å². The van der Waals surface area contributed by atoms with Gasteiger partial charge in [-0.3, -0.25) is 13.9 Å². The Bertz CT molecular complexity index is 1420. The van der Waals surface area contributed by atoms with Crippen LogP contribution in [0.4, 0.5) is 5.69 Å². The first-order chi connectivity index (χ1) is 19.7. The topological polar surface area (TPSA) is 86.8 Å². The molecule has 0 saturated heterocycles. The van der Waals surface area contributed by atoms with Crippen molar-refractivity contribution >= 4 is 27.5 Å². The third kappa shape index (κ3) is 7.55. The summed E-state index contributed by atoms with van der Waals surface area (Å²) in [7, 11) is -4.07. The molecule has 1 saturated carbocycles. The zero-order valence-electron chi connectivity index (χ0n) is 24.3. The van der Waals surface area contributed by atoms with Gasteiger partial charge in [0.05, 0.1) is 10.6 Å². The summed E-state index contributed by atoms with van der Waals surface area (Å²) in [5.41, 5.74) is 3.36. The van der Waals surface area contributed by atoms with E-state index in [-0.39, 0.29) is 23.4 Å². The second-order valence-corrected chi connectivity index (χ2v) is 12.7. The third-order valence-electron chi connectivity index (χ3n) is 7.96. The second kappa shape index (κ2) is 13.8. The summed E-state index contributed by atoms with van der Waals surface area (Å²) >= 11 is 0. The lowest BCUT2D eigenvalue weighted by atomic mass is 9.95. The fraction of sp³-hybridized carbons (Fsp3) is 0.394. The average Bonchev–Trinajstić information content (AvgIpc) is 3.00. The maximum atomic E-state index is 14.1. The fourth-order valence-corrected chi connectivity index (χ4v) is 6.70. The van der Waals surface area contributed by atoms with Gasteiger partial charge in [0.1, 0.15) is 12.6 Å². The Morgan fingerprint density at radius 3 is 2.17 bits per heavy atom. The predicted octanol–water partition coefficient (Wildman–Crippen LogP) is 5.62. The number of hydrogen-bond acceptors (Lipinski definition) is 4. The molecule has 7 nitrogen and oxygen atoms in total. The van der Waals surface area contributed by atoms with Crippen LogP contribution in [0.1, 0.15) is 62.6 Å². The minimum atomic E-state index is -4.07.